The minimum absolute atomic E-state index is 0.235. The Bertz CT molecular complexity index is 487. The molecule has 19 heavy (non-hydrogen) atoms. The van der Waals surface area contributed by atoms with E-state index in [0.29, 0.717) is 5.56 Å². The van der Waals surface area contributed by atoms with E-state index in [1.165, 1.54) is 7.05 Å². The fourth-order valence-corrected chi connectivity index (χ4v) is 1.68. The molecular weight excluding hydrogens is 248 g/mol. The Morgan fingerprint density at radius 1 is 1.32 bits per heavy atom. The molecule has 1 aromatic carbocycles. The quantitative estimate of drug-likeness (QED) is 0.286. The van der Waals surface area contributed by atoms with Crippen LogP contribution < -0.4 is 11.5 Å². The van der Waals surface area contributed by atoms with Gasteiger partial charge in [-0.2, -0.15) is 0 Å². The summed E-state index contributed by atoms with van der Waals surface area (Å²) in [6.07, 6.45) is 0. The Balaban J connectivity index is 3.05. The number of rotatable bonds is 5. The largest absolute Gasteiger partial charge is 0.409 e. The van der Waals surface area contributed by atoms with Crippen LogP contribution in [-0.4, -0.2) is 41.3 Å². The molecule has 0 aliphatic rings. The second kappa shape index (κ2) is 6.39. The van der Waals surface area contributed by atoms with Crippen molar-refractivity contribution in [3.8, 4) is 0 Å². The van der Waals surface area contributed by atoms with E-state index in [4.69, 9.17) is 16.7 Å². The fraction of sp³-hybridized carbons (Fsp3) is 0.250. The molecule has 1 rings (SSSR count). The smallest absolute Gasteiger partial charge is 0.238 e. The van der Waals surface area contributed by atoms with E-state index in [-0.39, 0.29) is 12.4 Å². The van der Waals surface area contributed by atoms with Gasteiger partial charge in [-0.25, -0.2) is 0 Å². The maximum atomic E-state index is 12.2. The van der Waals surface area contributed by atoms with Crippen LogP contribution in [0.1, 0.15) is 11.5 Å². The van der Waals surface area contributed by atoms with Gasteiger partial charge in [0.25, 0.3) is 0 Å². The summed E-state index contributed by atoms with van der Waals surface area (Å²) >= 11 is 0. The van der Waals surface area contributed by atoms with Gasteiger partial charge in [-0.3, -0.25) is 9.59 Å². The van der Waals surface area contributed by atoms with Crippen LogP contribution in [-0.2, 0) is 9.59 Å². The van der Waals surface area contributed by atoms with E-state index >= 15 is 0 Å². The van der Waals surface area contributed by atoms with Gasteiger partial charge in [-0.05, 0) is 5.56 Å². The molecule has 0 heterocycles. The van der Waals surface area contributed by atoms with Crippen molar-refractivity contribution < 1.29 is 14.8 Å². The maximum Gasteiger partial charge on any atom is 0.238 e. The van der Waals surface area contributed by atoms with Gasteiger partial charge in [0.15, 0.2) is 5.84 Å². The predicted octanol–water partition coefficient (Wildman–Crippen LogP) is -0.540. The van der Waals surface area contributed by atoms with E-state index in [1.54, 1.807) is 30.3 Å². The Hall–Kier alpha value is -2.57. The number of oxime groups is 1. The lowest BCUT2D eigenvalue weighted by molar-refractivity contribution is -0.133. The highest BCUT2D eigenvalue weighted by Crippen LogP contribution is 2.18. The predicted molar refractivity (Wildman–Crippen MR) is 69.4 cm³/mol. The van der Waals surface area contributed by atoms with Crippen LogP contribution >= 0.6 is 0 Å². The van der Waals surface area contributed by atoms with Gasteiger partial charge in [0.1, 0.15) is 5.92 Å². The number of carbonyl (C=O) groups is 2. The van der Waals surface area contributed by atoms with E-state index in [0.717, 1.165) is 4.90 Å². The number of nitrogens with zero attached hydrogens (tertiary/aromatic N) is 2. The Kier molecular flexibility index (Phi) is 4.87. The number of hydrogen-bond acceptors (Lipinski definition) is 4. The van der Waals surface area contributed by atoms with Crippen molar-refractivity contribution in [1.29, 1.82) is 0 Å². The van der Waals surface area contributed by atoms with Crippen LogP contribution in [0.25, 0.3) is 0 Å². The molecule has 0 saturated carbocycles. The van der Waals surface area contributed by atoms with Crippen molar-refractivity contribution in [2.24, 2.45) is 16.6 Å². The number of primary amides is 1. The lowest BCUT2D eigenvalue weighted by Gasteiger charge is -2.22. The molecule has 7 heteroatoms. The summed E-state index contributed by atoms with van der Waals surface area (Å²) in [6, 6.07) is 8.60. The van der Waals surface area contributed by atoms with E-state index in [2.05, 4.69) is 5.16 Å². The topological polar surface area (TPSA) is 122 Å². The average molecular weight is 264 g/mol. The molecule has 7 nitrogen and oxygen atoms in total. The molecule has 1 aromatic rings. The third-order valence-corrected chi connectivity index (χ3v) is 2.56. The van der Waals surface area contributed by atoms with E-state index in [1.807, 2.05) is 0 Å². The Labute approximate surface area is 110 Å². The van der Waals surface area contributed by atoms with Crippen LogP contribution in [0.2, 0.25) is 0 Å². The first-order chi connectivity index (χ1) is 8.97. The number of nitrogens with two attached hydrogens (primary N) is 2. The zero-order valence-corrected chi connectivity index (χ0v) is 10.5. The summed E-state index contributed by atoms with van der Waals surface area (Å²) in [7, 11) is 1.42. The summed E-state index contributed by atoms with van der Waals surface area (Å²) in [4.78, 5) is 24.2. The third-order valence-electron chi connectivity index (χ3n) is 2.56. The van der Waals surface area contributed by atoms with Crippen molar-refractivity contribution in [2.45, 2.75) is 5.92 Å². The number of hydrogen-bond donors (Lipinski definition) is 3. The molecule has 0 aliphatic heterocycles. The zero-order chi connectivity index (χ0) is 14.4. The molecule has 2 amide bonds. The second-order valence-corrected chi connectivity index (χ2v) is 4.03. The first kappa shape index (κ1) is 14.5. The first-order valence-electron chi connectivity index (χ1n) is 5.53. The van der Waals surface area contributed by atoms with E-state index in [9.17, 15) is 9.59 Å². The van der Waals surface area contributed by atoms with Crippen molar-refractivity contribution >= 4 is 17.6 Å². The minimum Gasteiger partial charge on any atom is -0.409 e. The molecule has 0 saturated heterocycles. The van der Waals surface area contributed by atoms with Crippen LogP contribution in [0.15, 0.2) is 35.5 Å². The molecule has 5 N–H and O–H groups in total. The van der Waals surface area contributed by atoms with Gasteiger partial charge in [-0.1, -0.05) is 35.5 Å². The van der Waals surface area contributed by atoms with Crippen LogP contribution in [0.4, 0.5) is 0 Å². The number of likely N-dealkylation sites (N-methyl/N-ethyl adjacent to an activating group) is 1. The molecule has 1 unspecified atom stereocenters. The molecule has 1 atom stereocenters. The number of amidine groups is 1. The molecule has 0 radical (unpaired) electrons. The molecular formula is C12H16N4O3. The lowest BCUT2D eigenvalue weighted by Crippen LogP contribution is -2.42. The van der Waals surface area contributed by atoms with E-state index < -0.39 is 17.7 Å². The third kappa shape index (κ3) is 3.70. The molecule has 0 aromatic heterocycles. The second-order valence-electron chi connectivity index (χ2n) is 4.03. The van der Waals surface area contributed by atoms with Gasteiger partial charge in [0.05, 0.1) is 6.54 Å². The monoisotopic (exact) mass is 264 g/mol. The molecule has 0 fully saturated rings. The maximum absolute atomic E-state index is 12.2. The summed E-state index contributed by atoms with van der Waals surface area (Å²) in [5, 5.41) is 11.7. The molecule has 0 aliphatic carbocycles. The van der Waals surface area contributed by atoms with Crippen molar-refractivity contribution in [2.75, 3.05) is 13.6 Å². The van der Waals surface area contributed by atoms with Gasteiger partial charge in [0, 0.05) is 7.05 Å². The highest BCUT2D eigenvalue weighted by molar-refractivity contribution is 6.07. The summed E-state index contributed by atoms with van der Waals surface area (Å²) in [5.74, 6) is -2.30. The number of benzene rings is 1. The normalized spacial score (nSPS) is 12.8. The highest BCUT2D eigenvalue weighted by Gasteiger charge is 2.28. The van der Waals surface area contributed by atoms with Gasteiger partial charge < -0.3 is 21.6 Å². The number of amides is 2. The van der Waals surface area contributed by atoms with Crippen molar-refractivity contribution in [3.05, 3.63) is 35.9 Å². The van der Waals surface area contributed by atoms with Crippen molar-refractivity contribution in [1.82, 2.24) is 4.90 Å². The zero-order valence-electron chi connectivity index (χ0n) is 10.5. The van der Waals surface area contributed by atoms with Crippen LogP contribution in [0.5, 0.6) is 0 Å². The van der Waals surface area contributed by atoms with Crippen LogP contribution in [0, 0.1) is 0 Å². The van der Waals surface area contributed by atoms with Gasteiger partial charge in [0.2, 0.25) is 11.8 Å². The van der Waals surface area contributed by atoms with Crippen LogP contribution in [0.3, 0.4) is 0 Å². The number of carbonyl (C=O) groups excluding carboxylic acids is 2. The van der Waals surface area contributed by atoms with Gasteiger partial charge >= 0.3 is 0 Å². The van der Waals surface area contributed by atoms with Crippen molar-refractivity contribution in [3.63, 3.8) is 0 Å². The summed E-state index contributed by atoms with van der Waals surface area (Å²) in [6.45, 7) is -0.235. The Morgan fingerprint density at radius 2 is 1.89 bits per heavy atom. The van der Waals surface area contributed by atoms with Gasteiger partial charge in [-0.15, -0.1) is 0 Å². The highest BCUT2D eigenvalue weighted by atomic mass is 16.4. The average Bonchev–Trinajstić information content (AvgIpc) is 2.39. The minimum atomic E-state index is -0.949. The standard InChI is InChI=1S/C12H16N4O3/c1-16(7-9(13)17)12(18)10(11(14)15-19)8-5-3-2-4-6-8/h2-6,10,19H,7H2,1H3,(H2,13,17)(H2,14,15). The molecule has 0 spiro atoms. The molecule has 0 bridgehead atoms. The first-order valence-corrected chi connectivity index (χ1v) is 5.53. The summed E-state index contributed by atoms with van der Waals surface area (Å²) < 4.78 is 0. The fourth-order valence-electron chi connectivity index (χ4n) is 1.68. The Morgan fingerprint density at radius 3 is 2.37 bits per heavy atom. The summed E-state index contributed by atoms with van der Waals surface area (Å²) in [5.41, 5.74) is 11.2. The molecule has 102 valence electrons. The lowest BCUT2D eigenvalue weighted by atomic mass is 9.96. The SMILES string of the molecule is CN(CC(N)=O)C(=O)C(C(N)=NO)c1ccccc1.